The highest BCUT2D eigenvalue weighted by molar-refractivity contribution is 7.89. The first kappa shape index (κ1) is 16.6. The fourth-order valence-corrected chi connectivity index (χ4v) is 3.33. The second-order valence-corrected chi connectivity index (χ2v) is 6.92. The molecule has 8 heteroatoms. The highest BCUT2D eigenvalue weighted by atomic mass is 32.2. The van der Waals surface area contributed by atoms with Crippen molar-refractivity contribution in [2.45, 2.75) is 31.8 Å². The average molecular weight is 329 g/mol. The van der Waals surface area contributed by atoms with Crippen molar-refractivity contribution in [3.05, 3.63) is 47.3 Å². The van der Waals surface area contributed by atoms with E-state index in [1.165, 1.54) is 7.05 Å². The van der Waals surface area contributed by atoms with Crippen molar-refractivity contribution >= 4 is 10.0 Å². The molecule has 0 aliphatic carbocycles. The van der Waals surface area contributed by atoms with Gasteiger partial charge in [-0.2, -0.15) is 9.40 Å². The van der Waals surface area contributed by atoms with Crippen molar-refractivity contribution in [2.75, 3.05) is 7.05 Å². The second-order valence-electron chi connectivity index (χ2n) is 4.91. The van der Waals surface area contributed by atoms with Gasteiger partial charge in [0.2, 0.25) is 10.0 Å². The van der Waals surface area contributed by atoms with E-state index in [0.29, 0.717) is 12.6 Å². The largest absolute Gasteiger partial charge is 0.270 e. The number of halogens is 2. The molecule has 0 radical (unpaired) electrons. The van der Waals surface area contributed by atoms with Crippen molar-refractivity contribution in [2.24, 2.45) is 0 Å². The Labute approximate surface area is 128 Å². The Morgan fingerprint density at radius 1 is 1.32 bits per heavy atom. The minimum absolute atomic E-state index is 0.0605. The zero-order valence-electron chi connectivity index (χ0n) is 12.5. The molecule has 1 heterocycles. The summed E-state index contributed by atoms with van der Waals surface area (Å²) in [4.78, 5) is -0.545. The van der Waals surface area contributed by atoms with Crippen molar-refractivity contribution in [3.63, 3.8) is 0 Å². The van der Waals surface area contributed by atoms with Gasteiger partial charge in [-0.15, -0.1) is 0 Å². The molecule has 0 fully saturated rings. The predicted molar refractivity (Wildman–Crippen MR) is 77.6 cm³/mol. The molecule has 0 atom stereocenters. The van der Waals surface area contributed by atoms with E-state index in [0.717, 1.165) is 27.7 Å². The van der Waals surface area contributed by atoms with Crippen LogP contribution in [0.15, 0.2) is 29.3 Å². The van der Waals surface area contributed by atoms with Gasteiger partial charge in [-0.3, -0.25) is 4.68 Å². The van der Waals surface area contributed by atoms with E-state index < -0.39 is 26.6 Å². The van der Waals surface area contributed by atoms with Crippen LogP contribution in [0.3, 0.4) is 0 Å². The van der Waals surface area contributed by atoms with Crippen molar-refractivity contribution in [1.82, 2.24) is 14.1 Å². The molecule has 0 N–H and O–H groups in total. The molecule has 1 aromatic carbocycles. The van der Waals surface area contributed by atoms with Gasteiger partial charge in [0.05, 0.1) is 6.20 Å². The minimum Gasteiger partial charge on any atom is -0.270 e. The molecule has 0 saturated carbocycles. The molecule has 0 amide bonds. The Balaban J connectivity index is 2.31. The molecule has 0 spiro atoms. The third kappa shape index (κ3) is 3.02. The van der Waals surface area contributed by atoms with Gasteiger partial charge in [0.1, 0.15) is 16.5 Å². The number of benzene rings is 1. The summed E-state index contributed by atoms with van der Waals surface area (Å²) < 4.78 is 54.2. The monoisotopic (exact) mass is 329 g/mol. The molecule has 5 nitrogen and oxygen atoms in total. The Hall–Kier alpha value is -1.80. The number of aromatic nitrogens is 2. The molecule has 1 aromatic heterocycles. The van der Waals surface area contributed by atoms with E-state index in [4.69, 9.17) is 0 Å². The van der Waals surface area contributed by atoms with Crippen LogP contribution in [0, 0.1) is 18.6 Å². The lowest BCUT2D eigenvalue weighted by atomic mass is 10.2. The van der Waals surface area contributed by atoms with Crippen LogP contribution >= 0.6 is 0 Å². The van der Waals surface area contributed by atoms with Crippen LogP contribution in [0.4, 0.5) is 8.78 Å². The highest BCUT2D eigenvalue weighted by Gasteiger charge is 2.25. The molecule has 2 rings (SSSR count). The standard InChI is InChI=1S/C14H17F2N3O2S/c1-4-19-10(2)11(8-17-19)9-18(3)22(20,21)14-6-5-12(15)7-13(14)16/h5-8H,4,9H2,1-3H3. The van der Waals surface area contributed by atoms with Crippen LogP contribution in [-0.2, 0) is 23.1 Å². The molecule has 0 unspecified atom stereocenters. The lowest BCUT2D eigenvalue weighted by molar-refractivity contribution is 0.457. The average Bonchev–Trinajstić information content (AvgIpc) is 2.79. The maximum absolute atomic E-state index is 13.7. The van der Waals surface area contributed by atoms with Crippen LogP contribution in [0.2, 0.25) is 0 Å². The number of hydrogen-bond acceptors (Lipinski definition) is 3. The Bertz CT molecular complexity index is 787. The van der Waals surface area contributed by atoms with Gasteiger partial charge in [-0.1, -0.05) is 0 Å². The van der Waals surface area contributed by atoms with Crippen molar-refractivity contribution in [1.29, 1.82) is 0 Å². The zero-order valence-corrected chi connectivity index (χ0v) is 13.4. The van der Waals surface area contributed by atoms with Crippen LogP contribution in [0.1, 0.15) is 18.2 Å². The van der Waals surface area contributed by atoms with Crippen LogP contribution < -0.4 is 0 Å². The smallest absolute Gasteiger partial charge is 0.246 e. The quantitative estimate of drug-likeness (QED) is 0.846. The fraction of sp³-hybridized carbons (Fsp3) is 0.357. The number of sulfonamides is 1. The maximum Gasteiger partial charge on any atom is 0.246 e. The summed E-state index contributed by atoms with van der Waals surface area (Å²) in [6.07, 6.45) is 1.59. The van der Waals surface area contributed by atoms with E-state index >= 15 is 0 Å². The van der Waals surface area contributed by atoms with Crippen molar-refractivity contribution in [3.8, 4) is 0 Å². The lowest BCUT2D eigenvalue weighted by Gasteiger charge is -2.17. The summed E-state index contributed by atoms with van der Waals surface area (Å²) in [7, 11) is -2.70. The molecular weight excluding hydrogens is 312 g/mol. The normalized spacial score (nSPS) is 12.1. The summed E-state index contributed by atoms with van der Waals surface area (Å²) in [5, 5.41) is 4.14. The van der Waals surface area contributed by atoms with Gasteiger partial charge in [-0.25, -0.2) is 17.2 Å². The van der Waals surface area contributed by atoms with Gasteiger partial charge >= 0.3 is 0 Å². The third-order valence-electron chi connectivity index (χ3n) is 3.48. The molecule has 0 aliphatic rings. The van der Waals surface area contributed by atoms with Gasteiger partial charge in [-0.05, 0) is 26.0 Å². The topological polar surface area (TPSA) is 55.2 Å². The Morgan fingerprint density at radius 3 is 2.55 bits per heavy atom. The summed E-state index contributed by atoms with van der Waals surface area (Å²) in [6, 6.07) is 2.41. The second kappa shape index (κ2) is 6.13. The molecule has 0 saturated heterocycles. The lowest BCUT2D eigenvalue weighted by Crippen LogP contribution is -2.27. The number of nitrogens with zero attached hydrogens (tertiary/aromatic N) is 3. The first-order chi connectivity index (χ1) is 10.3. The first-order valence-electron chi connectivity index (χ1n) is 6.70. The third-order valence-corrected chi connectivity index (χ3v) is 5.32. The Morgan fingerprint density at radius 2 is 2.00 bits per heavy atom. The molecular formula is C14H17F2N3O2S. The van der Waals surface area contributed by atoms with Gasteiger partial charge < -0.3 is 0 Å². The molecule has 0 bridgehead atoms. The van der Waals surface area contributed by atoms with Gasteiger partial charge in [0.25, 0.3) is 0 Å². The SMILES string of the molecule is CCn1ncc(CN(C)S(=O)(=O)c2ccc(F)cc2F)c1C. The van der Waals surface area contributed by atoms with E-state index in [9.17, 15) is 17.2 Å². The number of hydrogen-bond donors (Lipinski definition) is 0. The van der Waals surface area contributed by atoms with Gasteiger partial charge in [0.15, 0.2) is 0 Å². The van der Waals surface area contributed by atoms with Gasteiger partial charge in [0, 0.05) is 37.5 Å². The van der Waals surface area contributed by atoms with E-state index in [2.05, 4.69) is 5.10 Å². The molecule has 120 valence electrons. The van der Waals surface area contributed by atoms with Crippen LogP contribution in [-0.4, -0.2) is 29.6 Å². The maximum atomic E-state index is 13.7. The molecule has 2 aromatic rings. The molecule has 22 heavy (non-hydrogen) atoms. The first-order valence-corrected chi connectivity index (χ1v) is 8.14. The Kier molecular flexibility index (Phi) is 4.62. The highest BCUT2D eigenvalue weighted by Crippen LogP contribution is 2.21. The summed E-state index contributed by atoms with van der Waals surface area (Å²) >= 11 is 0. The fourth-order valence-electron chi connectivity index (χ4n) is 2.14. The molecule has 0 aliphatic heterocycles. The van der Waals surface area contributed by atoms with E-state index in [-0.39, 0.29) is 6.54 Å². The van der Waals surface area contributed by atoms with Crippen LogP contribution in [0.5, 0.6) is 0 Å². The predicted octanol–water partition coefficient (Wildman–Crippen LogP) is 2.31. The summed E-state index contributed by atoms with van der Waals surface area (Å²) in [6.45, 7) is 4.50. The van der Waals surface area contributed by atoms with E-state index in [1.807, 2.05) is 13.8 Å². The number of rotatable bonds is 5. The summed E-state index contributed by atoms with van der Waals surface area (Å²) in [5.41, 5.74) is 1.58. The van der Waals surface area contributed by atoms with Crippen LogP contribution in [0.25, 0.3) is 0 Å². The number of aryl methyl sites for hydroxylation is 1. The summed E-state index contributed by atoms with van der Waals surface area (Å²) in [5.74, 6) is -1.92. The van der Waals surface area contributed by atoms with Crippen molar-refractivity contribution < 1.29 is 17.2 Å². The zero-order chi connectivity index (χ0) is 16.5. The minimum atomic E-state index is -4.04. The van der Waals surface area contributed by atoms with E-state index in [1.54, 1.807) is 10.9 Å².